The number of carbonyl (C=O) groups excluding carboxylic acids is 2. The van der Waals surface area contributed by atoms with Crippen LogP contribution in [0.3, 0.4) is 0 Å². The molecule has 1 aliphatic heterocycles. The highest BCUT2D eigenvalue weighted by Crippen LogP contribution is 2.28. The molecule has 8 heteroatoms. The van der Waals surface area contributed by atoms with Crippen LogP contribution in [0.5, 0.6) is 0 Å². The average Bonchev–Trinajstić information content (AvgIpc) is 2.86. The molecule has 0 radical (unpaired) electrons. The van der Waals surface area contributed by atoms with E-state index in [1.54, 1.807) is 11.5 Å². The minimum absolute atomic E-state index is 0.0805. The van der Waals surface area contributed by atoms with Crippen molar-refractivity contribution in [2.75, 3.05) is 6.61 Å². The lowest BCUT2D eigenvalue weighted by molar-refractivity contribution is -0.125. The molecular weight excluding hydrogens is 378 g/mol. The van der Waals surface area contributed by atoms with Gasteiger partial charge in [-0.2, -0.15) is 0 Å². The fourth-order valence-corrected chi connectivity index (χ4v) is 4.65. The van der Waals surface area contributed by atoms with Gasteiger partial charge >= 0.3 is 5.97 Å². The molecule has 3 rings (SSSR count). The maximum Gasteiger partial charge on any atom is 0.349 e. The number of aryl methyl sites for hydroxylation is 2. The van der Waals surface area contributed by atoms with Crippen LogP contribution in [0.1, 0.15) is 67.0 Å². The third-order valence-corrected chi connectivity index (χ3v) is 6.45. The van der Waals surface area contributed by atoms with Crippen LogP contribution >= 0.6 is 11.3 Å². The van der Waals surface area contributed by atoms with Crippen molar-refractivity contribution in [2.24, 2.45) is 0 Å². The van der Waals surface area contributed by atoms with E-state index in [-0.39, 0.29) is 24.1 Å². The zero-order valence-electron chi connectivity index (χ0n) is 16.7. The molecule has 0 fully saturated rings. The Kier molecular flexibility index (Phi) is 6.49. The number of nitrogens with one attached hydrogen (secondary N) is 1. The molecular formula is C20H27N3O4S. The number of hydrogen-bond donors (Lipinski definition) is 1. The van der Waals surface area contributed by atoms with Gasteiger partial charge in [-0.15, -0.1) is 11.3 Å². The largest absolute Gasteiger partial charge is 0.451 e. The van der Waals surface area contributed by atoms with E-state index in [1.165, 1.54) is 11.3 Å². The molecule has 1 N–H and O–H groups in total. The van der Waals surface area contributed by atoms with Gasteiger partial charge in [0.2, 0.25) is 0 Å². The Hall–Kier alpha value is -2.22. The molecule has 0 saturated heterocycles. The number of ether oxygens (including phenoxy) is 1. The number of nitrogens with zero attached hydrogens (tertiary/aromatic N) is 2. The number of rotatable bonds is 6. The van der Waals surface area contributed by atoms with Gasteiger partial charge < -0.3 is 10.1 Å². The average molecular weight is 406 g/mol. The lowest BCUT2D eigenvalue weighted by Gasteiger charge is -2.14. The van der Waals surface area contributed by atoms with Crippen molar-refractivity contribution >= 4 is 33.4 Å². The van der Waals surface area contributed by atoms with Crippen LogP contribution < -0.4 is 10.9 Å². The summed E-state index contributed by atoms with van der Waals surface area (Å²) in [7, 11) is 0. The second-order valence-corrected chi connectivity index (χ2v) is 8.19. The second kappa shape index (κ2) is 8.86. The van der Waals surface area contributed by atoms with E-state index in [0.717, 1.165) is 44.3 Å². The van der Waals surface area contributed by atoms with Gasteiger partial charge in [0.05, 0.1) is 5.39 Å². The van der Waals surface area contributed by atoms with Crippen molar-refractivity contribution in [3.8, 4) is 0 Å². The van der Waals surface area contributed by atoms with Crippen molar-refractivity contribution < 1.29 is 14.3 Å². The Morgan fingerprint density at radius 1 is 1.25 bits per heavy atom. The predicted molar refractivity (Wildman–Crippen MR) is 109 cm³/mol. The van der Waals surface area contributed by atoms with Crippen LogP contribution in [0.2, 0.25) is 0 Å². The zero-order chi connectivity index (χ0) is 20.3. The molecule has 1 aliphatic rings. The van der Waals surface area contributed by atoms with Crippen molar-refractivity contribution in [3.05, 3.63) is 26.6 Å². The van der Waals surface area contributed by atoms with Gasteiger partial charge in [-0.05, 0) is 38.2 Å². The van der Waals surface area contributed by atoms with Crippen molar-refractivity contribution in [1.29, 1.82) is 0 Å². The molecule has 2 aromatic rings. The van der Waals surface area contributed by atoms with Crippen LogP contribution in [-0.4, -0.2) is 34.1 Å². The summed E-state index contributed by atoms with van der Waals surface area (Å²) in [5, 5.41) is 3.33. The Morgan fingerprint density at radius 3 is 2.71 bits per heavy atom. The van der Waals surface area contributed by atoms with Gasteiger partial charge in [0.15, 0.2) is 6.61 Å². The van der Waals surface area contributed by atoms with E-state index in [1.807, 2.05) is 13.8 Å². The molecule has 3 heterocycles. The van der Waals surface area contributed by atoms with Crippen molar-refractivity contribution in [1.82, 2.24) is 14.9 Å². The van der Waals surface area contributed by atoms with Gasteiger partial charge in [0.1, 0.15) is 15.5 Å². The molecule has 2 aromatic heterocycles. The maximum absolute atomic E-state index is 12.9. The number of thiophene rings is 1. The number of fused-ring (bicyclic) bond motifs is 2. The zero-order valence-corrected chi connectivity index (χ0v) is 17.5. The standard InChI is InChI=1S/C20H27N3O4S/c1-4-13(5-2)21-15(24)11-27-20(26)17-12(3)16-18(28-17)22-14-9-7-6-8-10-23(14)19(16)25/h13H,4-11H2,1-3H3,(H,21,24). The molecule has 7 nitrogen and oxygen atoms in total. The van der Waals surface area contributed by atoms with Gasteiger partial charge in [0, 0.05) is 19.0 Å². The lowest BCUT2D eigenvalue weighted by Crippen LogP contribution is -2.36. The highest BCUT2D eigenvalue weighted by atomic mass is 32.1. The van der Waals surface area contributed by atoms with E-state index in [2.05, 4.69) is 10.3 Å². The highest BCUT2D eigenvalue weighted by molar-refractivity contribution is 7.20. The molecule has 0 atom stereocenters. The highest BCUT2D eigenvalue weighted by Gasteiger charge is 2.23. The quantitative estimate of drug-likeness (QED) is 0.746. The first-order valence-electron chi connectivity index (χ1n) is 9.95. The van der Waals surface area contributed by atoms with E-state index in [4.69, 9.17) is 4.74 Å². The summed E-state index contributed by atoms with van der Waals surface area (Å²) in [6.45, 7) is 6.07. The Labute approximate surface area is 168 Å². The van der Waals surface area contributed by atoms with Gasteiger partial charge in [-0.3, -0.25) is 14.2 Å². The molecule has 0 unspecified atom stereocenters. The monoisotopic (exact) mass is 405 g/mol. The summed E-state index contributed by atoms with van der Waals surface area (Å²) >= 11 is 1.17. The first-order chi connectivity index (χ1) is 13.5. The van der Waals surface area contributed by atoms with Gasteiger partial charge in [-0.1, -0.05) is 20.3 Å². The molecule has 0 bridgehead atoms. The van der Waals surface area contributed by atoms with E-state index in [0.29, 0.717) is 27.2 Å². The summed E-state index contributed by atoms with van der Waals surface area (Å²) in [6, 6.07) is 0.0805. The summed E-state index contributed by atoms with van der Waals surface area (Å²) in [4.78, 5) is 43.0. The third kappa shape index (κ3) is 4.11. The maximum atomic E-state index is 12.9. The number of carbonyl (C=O) groups is 2. The SMILES string of the molecule is CCC(CC)NC(=O)COC(=O)c1sc2nc3n(c(=O)c2c1C)CCCCC3. The van der Waals surface area contributed by atoms with Crippen LogP contribution in [0.15, 0.2) is 4.79 Å². The fraction of sp³-hybridized carbons (Fsp3) is 0.600. The van der Waals surface area contributed by atoms with E-state index < -0.39 is 5.97 Å². The molecule has 152 valence electrons. The van der Waals surface area contributed by atoms with Gasteiger partial charge in [-0.25, -0.2) is 9.78 Å². The molecule has 28 heavy (non-hydrogen) atoms. The lowest BCUT2D eigenvalue weighted by atomic mass is 10.2. The smallest absolute Gasteiger partial charge is 0.349 e. The first kappa shape index (κ1) is 20.5. The molecule has 1 amide bonds. The Bertz CT molecular complexity index is 943. The fourth-order valence-electron chi connectivity index (χ4n) is 3.56. The Morgan fingerprint density at radius 2 is 2.00 bits per heavy atom. The molecule has 0 aliphatic carbocycles. The first-order valence-corrected chi connectivity index (χ1v) is 10.8. The summed E-state index contributed by atoms with van der Waals surface area (Å²) in [5.41, 5.74) is 0.503. The van der Waals surface area contributed by atoms with E-state index in [9.17, 15) is 14.4 Å². The Balaban J connectivity index is 1.81. The van der Waals surface area contributed by atoms with Crippen LogP contribution in [0, 0.1) is 6.92 Å². The number of aromatic nitrogens is 2. The van der Waals surface area contributed by atoms with Crippen molar-refractivity contribution in [3.63, 3.8) is 0 Å². The predicted octanol–water partition coefficient (Wildman–Crippen LogP) is 2.95. The molecule has 0 spiro atoms. The van der Waals surface area contributed by atoms with E-state index >= 15 is 0 Å². The number of hydrogen-bond acceptors (Lipinski definition) is 6. The number of amides is 1. The molecule has 0 saturated carbocycles. The van der Waals surface area contributed by atoms with Crippen LogP contribution in [0.4, 0.5) is 0 Å². The normalized spacial score (nSPS) is 14.0. The van der Waals surface area contributed by atoms with Crippen molar-refractivity contribution in [2.45, 2.75) is 71.9 Å². The summed E-state index contributed by atoms with van der Waals surface area (Å²) in [6.07, 6.45) is 5.49. The number of esters is 1. The van der Waals surface area contributed by atoms with Gasteiger partial charge in [0.25, 0.3) is 11.5 Å². The third-order valence-electron chi connectivity index (χ3n) is 5.28. The molecule has 0 aromatic carbocycles. The summed E-state index contributed by atoms with van der Waals surface area (Å²) < 4.78 is 6.94. The van der Waals surface area contributed by atoms with Crippen LogP contribution in [-0.2, 0) is 22.5 Å². The minimum Gasteiger partial charge on any atom is -0.451 e. The minimum atomic E-state index is -0.584. The van der Waals surface area contributed by atoms with Crippen LogP contribution in [0.25, 0.3) is 10.2 Å². The second-order valence-electron chi connectivity index (χ2n) is 7.19. The summed E-state index contributed by atoms with van der Waals surface area (Å²) in [5.74, 6) is -0.105. The topological polar surface area (TPSA) is 90.3 Å².